The van der Waals surface area contributed by atoms with Crippen molar-refractivity contribution in [3.8, 4) is 5.75 Å². The molecule has 1 aliphatic rings. The van der Waals surface area contributed by atoms with Crippen LogP contribution in [0.1, 0.15) is 5.56 Å². The van der Waals surface area contributed by atoms with Gasteiger partial charge in [-0.1, -0.05) is 6.07 Å². The van der Waals surface area contributed by atoms with Gasteiger partial charge in [0, 0.05) is 48.2 Å². The van der Waals surface area contributed by atoms with Gasteiger partial charge in [-0.3, -0.25) is 4.90 Å². The Morgan fingerprint density at radius 3 is 2.90 bits per heavy atom. The van der Waals surface area contributed by atoms with Crippen LogP contribution in [0.15, 0.2) is 18.2 Å². The predicted molar refractivity (Wildman–Crippen MR) is 83.8 cm³/mol. The highest BCUT2D eigenvalue weighted by atomic mass is 32.2. The van der Waals surface area contributed by atoms with E-state index in [1.807, 2.05) is 17.0 Å². The maximum Gasteiger partial charge on any atom is 0.164 e. The van der Waals surface area contributed by atoms with E-state index in [1.54, 1.807) is 24.9 Å². The summed E-state index contributed by atoms with van der Waals surface area (Å²) in [6.07, 6.45) is 1.30. The molecule has 0 amide bonds. The number of ether oxygens (including phenoxy) is 1. The molecule has 112 valence electrons. The Bertz CT molecular complexity index is 575. The van der Waals surface area contributed by atoms with Gasteiger partial charge in [-0.2, -0.15) is 11.8 Å². The molecule has 1 unspecified atom stereocenters. The average Bonchev–Trinajstić information content (AvgIpc) is 2.40. The molecule has 0 spiro atoms. The van der Waals surface area contributed by atoms with Gasteiger partial charge in [0.25, 0.3) is 0 Å². The molecular formula is C13H20N2O3S2. The van der Waals surface area contributed by atoms with Gasteiger partial charge in [-0.05, 0) is 6.07 Å². The van der Waals surface area contributed by atoms with Crippen molar-refractivity contribution in [1.82, 2.24) is 4.90 Å². The molecule has 0 bridgehead atoms. The van der Waals surface area contributed by atoms with Crippen LogP contribution in [0.5, 0.6) is 5.75 Å². The van der Waals surface area contributed by atoms with Crippen molar-refractivity contribution in [3.05, 3.63) is 23.8 Å². The molecule has 1 aliphatic heterocycles. The van der Waals surface area contributed by atoms with Crippen molar-refractivity contribution in [2.24, 2.45) is 0 Å². The number of thioether (sulfide) groups is 1. The Morgan fingerprint density at radius 1 is 1.50 bits per heavy atom. The molecule has 1 fully saturated rings. The summed E-state index contributed by atoms with van der Waals surface area (Å²) < 4.78 is 29.1. The number of rotatable bonds is 4. The van der Waals surface area contributed by atoms with Crippen LogP contribution in [0.25, 0.3) is 0 Å². The third-order valence-corrected chi connectivity index (χ3v) is 6.06. The lowest BCUT2D eigenvalue weighted by atomic mass is 10.1. The molecule has 2 N–H and O–H groups in total. The molecule has 7 heteroatoms. The maximum absolute atomic E-state index is 11.9. The number of methoxy groups -OCH3 is 1. The Balaban J connectivity index is 2.23. The lowest BCUT2D eigenvalue weighted by molar-refractivity contribution is 0.258. The van der Waals surface area contributed by atoms with Crippen LogP contribution < -0.4 is 10.5 Å². The Labute approximate surface area is 124 Å². The van der Waals surface area contributed by atoms with Gasteiger partial charge in [-0.15, -0.1) is 0 Å². The average molecular weight is 316 g/mol. The zero-order chi connectivity index (χ0) is 14.8. The first kappa shape index (κ1) is 15.5. The molecule has 1 aromatic carbocycles. The fourth-order valence-corrected chi connectivity index (χ4v) is 5.24. The third kappa shape index (κ3) is 3.59. The van der Waals surface area contributed by atoms with Gasteiger partial charge in [-0.25, -0.2) is 8.42 Å². The maximum atomic E-state index is 11.9. The molecule has 1 atom stereocenters. The lowest BCUT2D eigenvalue weighted by Crippen LogP contribution is -2.46. The molecular weight excluding hydrogens is 296 g/mol. The molecule has 0 radical (unpaired) electrons. The van der Waals surface area contributed by atoms with Gasteiger partial charge in [0.15, 0.2) is 9.84 Å². The highest BCUT2D eigenvalue weighted by molar-refractivity contribution is 8.00. The van der Waals surface area contributed by atoms with Crippen LogP contribution in [-0.2, 0) is 16.4 Å². The summed E-state index contributed by atoms with van der Waals surface area (Å²) >= 11 is 1.68. The van der Waals surface area contributed by atoms with Gasteiger partial charge >= 0.3 is 0 Å². The van der Waals surface area contributed by atoms with E-state index in [0.717, 1.165) is 17.9 Å². The zero-order valence-corrected chi connectivity index (χ0v) is 13.3. The minimum absolute atomic E-state index is 0.427. The second kappa shape index (κ2) is 6.24. The van der Waals surface area contributed by atoms with Crippen LogP contribution in [0, 0.1) is 0 Å². The SMILES string of the molecule is COc1cc(N)ccc1CN1CCSCC1S(C)(=O)=O. The van der Waals surface area contributed by atoms with Gasteiger partial charge in [0.1, 0.15) is 11.1 Å². The van der Waals surface area contributed by atoms with Crippen molar-refractivity contribution >= 4 is 27.3 Å². The molecule has 1 aromatic rings. The van der Waals surface area contributed by atoms with E-state index in [2.05, 4.69) is 0 Å². The summed E-state index contributed by atoms with van der Waals surface area (Å²) in [5, 5.41) is -0.427. The standard InChI is InChI=1S/C13H20N2O3S2/c1-18-12-7-11(14)4-3-10(12)8-15-5-6-19-9-13(15)20(2,16)17/h3-4,7,13H,5-6,8-9,14H2,1-2H3. The van der Waals surface area contributed by atoms with Crippen molar-refractivity contribution in [1.29, 1.82) is 0 Å². The highest BCUT2D eigenvalue weighted by Crippen LogP contribution is 2.27. The minimum atomic E-state index is -3.08. The summed E-state index contributed by atoms with van der Waals surface area (Å²) in [7, 11) is -1.49. The Kier molecular flexibility index (Phi) is 4.82. The van der Waals surface area contributed by atoms with Crippen LogP contribution in [0.3, 0.4) is 0 Å². The molecule has 1 heterocycles. The van der Waals surface area contributed by atoms with E-state index in [9.17, 15) is 8.42 Å². The fourth-order valence-electron chi connectivity index (χ4n) is 2.30. The predicted octanol–water partition coefficient (Wildman–Crippen LogP) is 1.20. The molecule has 0 saturated carbocycles. The smallest absolute Gasteiger partial charge is 0.164 e. The summed E-state index contributed by atoms with van der Waals surface area (Å²) in [5.74, 6) is 2.27. The first-order chi connectivity index (χ1) is 9.41. The highest BCUT2D eigenvalue weighted by Gasteiger charge is 2.31. The summed E-state index contributed by atoms with van der Waals surface area (Å²) in [5.41, 5.74) is 7.34. The summed E-state index contributed by atoms with van der Waals surface area (Å²) in [6, 6.07) is 5.48. The number of nitrogen functional groups attached to an aromatic ring is 1. The van der Waals surface area contributed by atoms with E-state index in [4.69, 9.17) is 10.5 Å². The van der Waals surface area contributed by atoms with Crippen molar-refractivity contribution in [3.63, 3.8) is 0 Å². The third-order valence-electron chi connectivity index (χ3n) is 3.37. The number of nitrogens with zero attached hydrogens (tertiary/aromatic N) is 1. The number of benzene rings is 1. The van der Waals surface area contributed by atoms with Gasteiger partial charge in [0.05, 0.1) is 7.11 Å². The fraction of sp³-hybridized carbons (Fsp3) is 0.538. The van der Waals surface area contributed by atoms with Crippen LogP contribution in [0.2, 0.25) is 0 Å². The minimum Gasteiger partial charge on any atom is -0.496 e. The number of sulfone groups is 1. The Hall–Kier alpha value is -0.920. The quantitative estimate of drug-likeness (QED) is 0.842. The molecule has 0 aromatic heterocycles. The normalized spacial score (nSPS) is 20.8. The Morgan fingerprint density at radius 2 is 2.25 bits per heavy atom. The molecule has 1 saturated heterocycles. The number of hydrogen-bond donors (Lipinski definition) is 1. The van der Waals surface area contributed by atoms with Crippen LogP contribution in [0.4, 0.5) is 5.69 Å². The van der Waals surface area contributed by atoms with Crippen LogP contribution in [-0.4, -0.2) is 50.1 Å². The van der Waals surface area contributed by atoms with E-state index in [-0.39, 0.29) is 0 Å². The van der Waals surface area contributed by atoms with E-state index < -0.39 is 15.2 Å². The molecule has 2 rings (SSSR count). The van der Waals surface area contributed by atoms with Crippen molar-refractivity contribution in [2.45, 2.75) is 11.9 Å². The summed E-state index contributed by atoms with van der Waals surface area (Å²) in [6.45, 7) is 1.32. The number of anilines is 1. The van der Waals surface area contributed by atoms with Crippen molar-refractivity contribution in [2.75, 3.05) is 37.1 Å². The van der Waals surface area contributed by atoms with E-state index in [0.29, 0.717) is 23.7 Å². The van der Waals surface area contributed by atoms with E-state index in [1.165, 1.54) is 6.26 Å². The zero-order valence-electron chi connectivity index (χ0n) is 11.7. The molecule has 5 nitrogen and oxygen atoms in total. The molecule has 0 aliphatic carbocycles. The van der Waals surface area contributed by atoms with Gasteiger partial charge in [0.2, 0.25) is 0 Å². The topological polar surface area (TPSA) is 72.6 Å². The van der Waals surface area contributed by atoms with E-state index >= 15 is 0 Å². The first-order valence-corrected chi connectivity index (χ1v) is 9.46. The molecule has 20 heavy (non-hydrogen) atoms. The van der Waals surface area contributed by atoms with Crippen LogP contribution >= 0.6 is 11.8 Å². The monoisotopic (exact) mass is 316 g/mol. The number of hydrogen-bond acceptors (Lipinski definition) is 6. The second-order valence-corrected chi connectivity index (χ2v) is 8.25. The lowest BCUT2D eigenvalue weighted by Gasteiger charge is -2.34. The number of nitrogens with two attached hydrogens (primary N) is 1. The first-order valence-electron chi connectivity index (χ1n) is 6.35. The second-order valence-electron chi connectivity index (χ2n) is 4.90. The largest absolute Gasteiger partial charge is 0.496 e. The van der Waals surface area contributed by atoms with Crippen molar-refractivity contribution < 1.29 is 13.2 Å². The summed E-state index contributed by atoms with van der Waals surface area (Å²) in [4.78, 5) is 2.00. The van der Waals surface area contributed by atoms with Gasteiger partial charge < -0.3 is 10.5 Å².